The number of carbonyl (C=O) groups is 1. The van der Waals surface area contributed by atoms with Gasteiger partial charge in [0.05, 0.1) is 18.0 Å². The fraction of sp³-hybridized carbons (Fsp3) is 0.471. The second kappa shape index (κ2) is 7.19. The van der Waals surface area contributed by atoms with Gasteiger partial charge in [-0.1, -0.05) is 19.9 Å². The molecule has 24 heavy (non-hydrogen) atoms. The number of hydrogen-bond donors (Lipinski definition) is 2. The summed E-state index contributed by atoms with van der Waals surface area (Å²) < 4.78 is 19.8. The molecule has 0 spiro atoms. The topological polar surface area (TPSA) is 79.9 Å². The highest BCUT2D eigenvalue weighted by atomic mass is 19.1. The smallest absolute Gasteiger partial charge is 0.190 e. The maximum Gasteiger partial charge on any atom is 0.190 e. The van der Waals surface area contributed by atoms with Crippen molar-refractivity contribution in [1.82, 2.24) is 20.5 Å². The van der Waals surface area contributed by atoms with Gasteiger partial charge in [-0.25, -0.2) is 4.39 Å². The number of rotatable bonds is 5. The van der Waals surface area contributed by atoms with E-state index in [0.29, 0.717) is 12.3 Å². The molecule has 128 valence electrons. The van der Waals surface area contributed by atoms with E-state index < -0.39 is 5.82 Å². The highest BCUT2D eigenvalue weighted by molar-refractivity contribution is 5.96. The van der Waals surface area contributed by atoms with Gasteiger partial charge in [0.2, 0.25) is 0 Å². The molecule has 1 aliphatic heterocycles. The SMILES string of the molecule is CC(C)c1[nH]nc(C(=O)Cc2ccc([C@@H]3CNCCO3)nc2)c1F. The highest BCUT2D eigenvalue weighted by Gasteiger charge is 2.22. The van der Waals surface area contributed by atoms with Crippen LogP contribution in [0.25, 0.3) is 0 Å². The standard InChI is InChI=1S/C17H21FN4O2/c1-10(2)16-15(18)17(22-21-16)13(23)7-11-3-4-12(20-8-11)14-9-19-5-6-24-14/h3-4,8,10,14,19H,5-7,9H2,1-2H3,(H,21,22)/t14-/m0/s1. The first-order chi connectivity index (χ1) is 11.6. The van der Waals surface area contributed by atoms with Crippen LogP contribution in [0.3, 0.4) is 0 Å². The molecule has 1 atom stereocenters. The lowest BCUT2D eigenvalue weighted by atomic mass is 10.1. The Kier molecular flexibility index (Phi) is 5.01. The van der Waals surface area contributed by atoms with Crippen molar-refractivity contribution >= 4 is 5.78 Å². The number of ether oxygens (including phenoxy) is 1. The summed E-state index contributed by atoms with van der Waals surface area (Å²) in [4.78, 5) is 16.6. The number of hydrogen-bond acceptors (Lipinski definition) is 5. The number of carbonyl (C=O) groups excluding carboxylic acids is 1. The van der Waals surface area contributed by atoms with Crippen LogP contribution in [0, 0.1) is 5.82 Å². The number of aromatic amines is 1. The van der Waals surface area contributed by atoms with E-state index >= 15 is 0 Å². The molecular formula is C17H21FN4O2. The van der Waals surface area contributed by atoms with Crippen molar-refractivity contribution in [1.29, 1.82) is 0 Å². The fourth-order valence-electron chi connectivity index (χ4n) is 2.66. The number of halogens is 1. The highest BCUT2D eigenvalue weighted by Crippen LogP contribution is 2.20. The molecular weight excluding hydrogens is 311 g/mol. The average molecular weight is 332 g/mol. The van der Waals surface area contributed by atoms with Crippen LogP contribution in [-0.4, -0.2) is 40.7 Å². The molecule has 0 unspecified atom stereocenters. The van der Waals surface area contributed by atoms with Crippen molar-refractivity contribution in [3.8, 4) is 0 Å². The molecule has 3 rings (SSSR count). The minimum absolute atomic E-state index is 0.0518. The second-order valence-corrected chi connectivity index (χ2v) is 6.21. The Morgan fingerprint density at radius 2 is 2.29 bits per heavy atom. The number of ketones is 1. The minimum atomic E-state index is -0.554. The molecule has 2 N–H and O–H groups in total. The predicted molar refractivity (Wildman–Crippen MR) is 86.5 cm³/mol. The number of nitrogens with zero attached hydrogens (tertiary/aromatic N) is 2. The first-order valence-electron chi connectivity index (χ1n) is 8.10. The third kappa shape index (κ3) is 3.52. The van der Waals surface area contributed by atoms with Crippen LogP contribution in [0.5, 0.6) is 0 Å². The van der Waals surface area contributed by atoms with Crippen LogP contribution >= 0.6 is 0 Å². The molecule has 0 aromatic carbocycles. The maximum atomic E-state index is 14.2. The summed E-state index contributed by atoms with van der Waals surface area (Å²) in [5.74, 6) is -0.967. The largest absolute Gasteiger partial charge is 0.369 e. The zero-order chi connectivity index (χ0) is 17.1. The molecule has 0 aliphatic carbocycles. The van der Waals surface area contributed by atoms with E-state index in [4.69, 9.17) is 4.74 Å². The van der Waals surface area contributed by atoms with E-state index in [1.165, 1.54) is 0 Å². The molecule has 6 nitrogen and oxygen atoms in total. The van der Waals surface area contributed by atoms with E-state index in [0.717, 1.165) is 24.3 Å². The number of nitrogens with one attached hydrogen (secondary N) is 2. The van der Waals surface area contributed by atoms with E-state index in [1.54, 1.807) is 6.20 Å². The summed E-state index contributed by atoms with van der Waals surface area (Å²) in [5.41, 5.74) is 1.77. The van der Waals surface area contributed by atoms with Crippen LogP contribution in [0.4, 0.5) is 4.39 Å². The Bertz CT molecular complexity index is 706. The Morgan fingerprint density at radius 3 is 2.88 bits per heavy atom. The van der Waals surface area contributed by atoms with Crippen molar-refractivity contribution in [2.24, 2.45) is 0 Å². The summed E-state index contributed by atoms with van der Waals surface area (Å²) in [5, 5.41) is 9.68. The molecule has 0 saturated carbocycles. The third-order valence-electron chi connectivity index (χ3n) is 4.04. The van der Waals surface area contributed by atoms with Gasteiger partial charge in [-0.15, -0.1) is 0 Å². The molecule has 2 aromatic heterocycles. The van der Waals surface area contributed by atoms with E-state index in [1.807, 2.05) is 26.0 Å². The van der Waals surface area contributed by atoms with Gasteiger partial charge in [-0.2, -0.15) is 5.10 Å². The molecule has 2 aromatic rings. The number of morpholine rings is 1. The normalized spacial score (nSPS) is 18.1. The van der Waals surface area contributed by atoms with Gasteiger partial charge in [0.25, 0.3) is 0 Å². The fourth-order valence-corrected chi connectivity index (χ4v) is 2.66. The Morgan fingerprint density at radius 1 is 1.46 bits per heavy atom. The van der Waals surface area contributed by atoms with E-state index in [-0.39, 0.29) is 29.9 Å². The van der Waals surface area contributed by atoms with Gasteiger partial charge >= 0.3 is 0 Å². The third-order valence-corrected chi connectivity index (χ3v) is 4.04. The summed E-state index contributed by atoms with van der Waals surface area (Å²) in [7, 11) is 0. The first kappa shape index (κ1) is 16.7. The molecule has 1 aliphatic rings. The lowest BCUT2D eigenvalue weighted by Crippen LogP contribution is -2.33. The Labute approximate surface area is 139 Å². The monoisotopic (exact) mass is 332 g/mol. The Hall–Kier alpha value is -2.12. The molecule has 3 heterocycles. The molecule has 0 amide bonds. The zero-order valence-electron chi connectivity index (χ0n) is 13.8. The number of aromatic nitrogens is 3. The second-order valence-electron chi connectivity index (χ2n) is 6.21. The zero-order valence-corrected chi connectivity index (χ0v) is 13.8. The molecule has 7 heteroatoms. The summed E-state index contributed by atoms with van der Waals surface area (Å²) >= 11 is 0. The molecule has 1 fully saturated rings. The van der Waals surface area contributed by atoms with Crippen molar-refractivity contribution in [3.05, 3.63) is 46.8 Å². The van der Waals surface area contributed by atoms with E-state index in [2.05, 4.69) is 20.5 Å². The molecule has 0 bridgehead atoms. The van der Waals surface area contributed by atoms with Gasteiger partial charge in [-0.3, -0.25) is 14.9 Å². The lowest BCUT2D eigenvalue weighted by molar-refractivity contribution is 0.0250. The predicted octanol–water partition coefficient (Wildman–Crippen LogP) is 2.15. The summed E-state index contributed by atoms with van der Waals surface area (Å²) in [6.07, 6.45) is 1.64. The van der Waals surface area contributed by atoms with Gasteiger partial charge in [0.15, 0.2) is 17.3 Å². The number of Topliss-reactive ketones (excluding diaryl/α,β-unsaturated/α-hetero) is 1. The van der Waals surface area contributed by atoms with Crippen LogP contribution in [0.15, 0.2) is 18.3 Å². The average Bonchev–Trinajstić information content (AvgIpc) is 2.98. The van der Waals surface area contributed by atoms with Crippen LogP contribution in [-0.2, 0) is 11.2 Å². The minimum Gasteiger partial charge on any atom is -0.369 e. The van der Waals surface area contributed by atoms with Gasteiger partial charge in [-0.05, 0) is 17.5 Å². The van der Waals surface area contributed by atoms with Crippen LogP contribution < -0.4 is 5.32 Å². The maximum absolute atomic E-state index is 14.2. The van der Waals surface area contributed by atoms with Gasteiger partial charge in [0.1, 0.15) is 6.10 Å². The summed E-state index contributed by atoms with van der Waals surface area (Å²) in [6, 6.07) is 3.67. The quantitative estimate of drug-likeness (QED) is 0.820. The van der Waals surface area contributed by atoms with Crippen LogP contribution in [0.1, 0.15) is 53.3 Å². The number of H-pyrrole nitrogens is 1. The van der Waals surface area contributed by atoms with E-state index in [9.17, 15) is 9.18 Å². The Balaban J connectivity index is 1.68. The molecule has 0 radical (unpaired) electrons. The van der Waals surface area contributed by atoms with Crippen molar-refractivity contribution in [3.63, 3.8) is 0 Å². The van der Waals surface area contributed by atoms with Crippen LogP contribution in [0.2, 0.25) is 0 Å². The van der Waals surface area contributed by atoms with Crippen molar-refractivity contribution < 1.29 is 13.9 Å². The number of pyridine rings is 1. The first-order valence-corrected chi connectivity index (χ1v) is 8.10. The van der Waals surface area contributed by atoms with Gasteiger partial charge in [0, 0.05) is 25.7 Å². The molecule has 1 saturated heterocycles. The van der Waals surface area contributed by atoms with Gasteiger partial charge < -0.3 is 10.1 Å². The summed E-state index contributed by atoms with van der Waals surface area (Å²) in [6.45, 7) is 5.91. The van der Waals surface area contributed by atoms with Crippen molar-refractivity contribution in [2.45, 2.75) is 32.3 Å². The lowest BCUT2D eigenvalue weighted by Gasteiger charge is -2.23. The van der Waals surface area contributed by atoms with Crippen molar-refractivity contribution in [2.75, 3.05) is 19.7 Å².